The maximum atomic E-state index is 5.98. The highest BCUT2D eigenvalue weighted by Crippen LogP contribution is 2.33. The fourth-order valence-electron chi connectivity index (χ4n) is 2.40. The fraction of sp³-hybridized carbons (Fsp3) is 0.368. The monoisotopic (exact) mass is 283 g/mol. The maximum absolute atomic E-state index is 5.98. The Bertz CT molecular complexity index is 590. The van der Waals surface area contributed by atoms with Gasteiger partial charge in [0, 0.05) is 12.1 Å². The van der Waals surface area contributed by atoms with E-state index in [4.69, 9.17) is 4.74 Å². The highest BCUT2D eigenvalue weighted by atomic mass is 16.5. The topological polar surface area (TPSA) is 21.3 Å². The summed E-state index contributed by atoms with van der Waals surface area (Å²) >= 11 is 0. The third-order valence-corrected chi connectivity index (χ3v) is 3.37. The lowest BCUT2D eigenvalue weighted by atomic mass is 9.96. The number of aryl methyl sites for hydroxylation is 1. The Balaban J connectivity index is 2.47. The molecule has 2 rings (SSSR count). The molecule has 0 aromatic heterocycles. The van der Waals surface area contributed by atoms with E-state index in [1.54, 1.807) is 0 Å². The summed E-state index contributed by atoms with van der Waals surface area (Å²) < 4.78 is 5.98. The van der Waals surface area contributed by atoms with Crippen molar-refractivity contribution in [3.05, 3.63) is 53.6 Å². The van der Waals surface area contributed by atoms with Crippen molar-refractivity contribution in [1.29, 1.82) is 0 Å². The van der Waals surface area contributed by atoms with Crippen molar-refractivity contribution >= 4 is 0 Å². The van der Waals surface area contributed by atoms with Gasteiger partial charge in [0.25, 0.3) is 0 Å². The zero-order chi connectivity index (χ0) is 15.2. The normalized spacial score (nSPS) is 10.9. The molecule has 112 valence electrons. The Kier molecular flexibility index (Phi) is 5.40. The number of ether oxygens (including phenoxy) is 1. The van der Waals surface area contributed by atoms with E-state index in [-0.39, 0.29) is 6.10 Å². The van der Waals surface area contributed by atoms with E-state index in [0.717, 1.165) is 18.8 Å². The summed E-state index contributed by atoms with van der Waals surface area (Å²) in [4.78, 5) is 0. The molecular formula is C19H25NO. The van der Waals surface area contributed by atoms with Crippen molar-refractivity contribution in [2.24, 2.45) is 0 Å². The molecule has 0 saturated heterocycles. The van der Waals surface area contributed by atoms with Crippen molar-refractivity contribution in [3.63, 3.8) is 0 Å². The molecule has 2 aromatic rings. The number of rotatable bonds is 6. The van der Waals surface area contributed by atoms with Crippen LogP contribution in [-0.2, 0) is 6.54 Å². The fourth-order valence-corrected chi connectivity index (χ4v) is 2.40. The lowest BCUT2D eigenvalue weighted by Crippen LogP contribution is -2.13. The van der Waals surface area contributed by atoms with E-state index in [0.29, 0.717) is 0 Å². The molecule has 0 bridgehead atoms. The second kappa shape index (κ2) is 7.28. The lowest BCUT2D eigenvalue weighted by molar-refractivity contribution is 0.243. The average molecular weight is 283 g/mol. The Morgan fingerprint density at radius 2 is 1.81 bits per heavy atom. The molecule has 0 spiro atoms. The van der Waals surface area contributed by atoms with Gasteiger partial charge in [0.1, 0.15) is 5.75 Å². The van der Waals surface area contributed by atoms with Gasteiger partial charge in [-0.15, -0.1) is 0 Å². The molecule has 0 heterocycles. The molecule has 2 aromatic carbocycles. The quantitative estimate of drug-likeness (QED) is 0.839. The van der Waals surface area contributed by atoms with E-state index in [9.17, 15) is 0 Å². The highest BCUT2D eigenvalue weighted by Gasteiger charge is 2.11. The van der Waals surface area contributed by atoms with Crippen LogP contribution in [0.15, 0.2) is 42.5 Å². The minimum Gasteiger partial charge on any atom is -0.490 e. The highest BCUT2D eigenvalue weighted by molar-refractivity contribution is 5.74. The van der Waals surface area contributed by atoms with Crippen LogP contribution in [0.5, 0.6) is 5.75 Å². The summed E-state index contributed by atoms with van der Waals surface area (Å²) in [5.74, 6) is 0.954. The zero-order valence-electron chi connectivity index (χ0n) is 13.4. The van der Waals surface area contributed by atoms with Crippen molar-refractivity contribution in [1.82, 2.24) is 5.32 Å². The molecule has 2 nitrogen and oxygen atoms in total. The molecule has 1 N–H and O–H groups in total. The predicted octanol–water partition coefficient (Wildman–Crippen LogP) is 4.56. The minimum absolute atomic E-state index is 0.174. The predicted molar refractivity (Wildman–Crippen MR) is 89.8 cm³/mol. The molecular weight excluding hydrogens is 258 g/mol. The molecule has 0 atom stereocenters. The second-order valence-electron chi connectivity index (χ2n) is 5.60. The van der Waals surface area contributed by atoms with Gasteiger partial charge in [-0.1, -0.05) is 48.9 Å². The first kappa shape index (κ1) is 15.6. The number of nitrogens with one attached hydrogen (secondary N) is 1. The molecule has 21 heavy (non-hydrogen) atoms. The Hall–Kier alpha value is -1.80. The van der Waals surface area contributed by atoms with Crippen LogP contribution in [0.2, 0.25) is 0 Å². The largest absolute Gasteiger partial charge is 0.490 e. The summed E-state index contributed by atoms with van der Waals surface area (Å²) in [5, 5.41) is 3.41. The number of para-hydroxylation sites is 1. The van der Waals surface area contributed by atoms with E-state index in [1.165, 1.54) is 22.3 Å². The second-order valence-corrected chi connectivity index (χ2v) is 5.60. The standard InChI is InChI=1S/C19H25NO/c1-5-20-13-16-11-10-15(4)12-18(16)17-8-6-7-9-19(17)21-14(2)3/h6-12,14,20H,5,13H2,1-4H3. The van der Waals surface area contributed by atoms with E-state index in [1.807, 2.05) is 6.07 Å². The van der Waals surface area contributed by atoms with Gasteiger partial charge >= 0.3 is 0 Å². The molecule has 0 radical (unpaired) electrons. The van der Waals surface area contributed by atoms with Crippen LogP contribution < -0.4 is 10.1 Å². The van der Waals surface area contributed by atoms with Gasteiger partial charge in [-0.3, -0.25) is 0 Å². The van der Waals surface area contributed by atoms with Gasteiger partial charge in [-0.25, -0.2) is 0 Å². The third-order valence-electron chi connectivity index (χ3n) is 3.37. The van der Waals surface area contributed by atoms with Gasteiger partial charge in [-0.2, -0.15) is 0 Å². The number of hydrogen-bond donors (Lipinski definition) is 1. The first-order chi connectivity index (χ1) is 10.1. The molecule has 0 saturated carbocycles. The summed E-state index contributed by atoms with van der Waals surface area (Å²) in [7, 11) is 0. The number of benzene rings is 2. The van der Waals surface area contributed by atoms with Crippen LogP contribution in [0, 0.1) is 6.92 Å². The smallest absolute Gasteiger partial charge is 0.127 e. The van der Waals surface area contributed by atoms with Crippen molar-refractivity contribution in [2.45, 2.75) is 40.3 Å². The van der Waals surface area contributed by atoms with Crippen molar-refractivity contribution < 1.29 is 4.74 Å². The Morgan fingerprint density at radius 1 is 1.05 bits per heavy atom. The summed E-state index contributed by atoms with van der Waals surface area (Å²) in [5.41, 5.74) is 5.00. The molecule has 2 heteroatoms. The van der Waals surface area contributed by atoms with Gasteiger partial charge in [-0.05, 0) is 44.5 Å². The van der Waals surface area contributed by atoms with Gasteiger partial charge in [0.15, 0.2) is 0 Å². The Labute approximate surface area is 128 Å². The van der Waals surface area contributed by atoms with Crippen molar-refractivity contribution in [2.75, 3.05) is 6.54 Å². The van der Waals surface area contributed by atoms with Crippen LogP contribution in [-0.4, -0.2) is 12.6 Å². The van der Waals surface area contributed by atoms with Crippen LogP contribution in [0.1, 0.15) is 31.9 Å². The average Bonchev–Trinajstić information content (AvgIpc) is 2.46. The van der Waals surface area contributed by atoms with E-state index < -0.39 is 0 Å². The van der Waals surface area contributed by atoms with Crippen LogP contribution in [0.4, 0.5) is 0 Å². The van der Waals surface area contributed by atoms with E-state index >= 15 is 0 Å². The van der Waals surface area contributed by atoms with Crippen LogP contribution >= 0.6 is 0 Å². The number of hydrogen-bond acceptors (Lipinski definition) is 2. The Morgan fingerprint density at radius 3 is 2.52 bits per heavy atom. The maximum Gasteiger partial charge on any atom is 0.127 e. The van der Waals surface area contributed by atoms with Crippen LogP contribution in [0.25, 0.3) is 11.1 Å². The van der Waals surface area contributed by atoms with Gasteiger partial charge in [0.05, 0.1) is 6.10 Å². The van der Waals surface area contributed by atoms with Gasteiger partial charge in [0.2, 0.25) is 0 Å². The summed E-state index contributed by atoms with van der Waals surface area (Å²) in [6.07, 6.45) is 0.174. The molecule has 0 aliphatic heterocycles. The molecule has 0 aliphatic rings. The summed E-state index contributed by atoms with van der Waals surface area (Å²) in [6, 6.07) is 14.9. The lowest BCUT2D eigenvalue weighted by Gasteiger charge is -2.17. The van der Waals surface area contributed by atoms with Crippen LogP contribution in [0.3, 0.4) is 0 Å². The SMILES string of the molecule is CCNCc1ccc(C)cc1-c1ccccc1OC(C)C. The molecule has 0 unspecified atom stereocenters. The molecule has 0 fully saturated rings. The first-order valence-corrected chi connectivity index (χ1v) is 7.68. The van der Waals surface area contributed by atoms with E-state index in [2.05, 4.69) is 69.4 Å². The first-order valence-electron chi connectivity index (χ1n) is 7.68. The third kappa shape index (κ3) is 4.08. The van der Waals surface area contributed by atoms with Crippen molar-refractivity contribution in [3.8, 4) is 16.9 Å². The zero-order valence-corrected chi connectivity index (χ0v) is 13.4. The van der Waals surface area contributed by atoms with Gasteiger partial charge < -0.3 is 10.1 Å². The molecule has 0 aliphatic carbocycles. The molecule has 0 amide bonds. The summed E-state index contributed by atoms with van der Waals surface area (Å²) in [6.45, 7) is 10.2. The minimum atomic E-state index is 0.174.